The molecule has 180 valence electrons. The Morgan fingerprint density at radius 3 is 2.79 bits per heavy atom. The van der Waals surface area contributed by atoms with Gasteiger partial charge in [0.05, 0.1) is 18.5 Å². The molecule has 1 atom stereocenters. The first kappa shape index (κ1) is 22.9. The molecule has 2 fully saturated rings. The molecule has 1 saturated carbocycles. The van der Waals surface area contributed by atoms with Crippen LogP contribution >= 0.6 is 11.3 Å². The van der Waals surface area contributed by atoms with Crippen LogP contribution in [0.2, 0.25) is 0 Å². The van der Waals surface area contributed by atoms with Crippen LogP contribution in [0.5, 0.6) is 5.75 Å². The number of rotatable bonds is 5. The van der Waals surface area contributed by atoms with Gasteiger partial charge in [0, 0.05) is 30.1 Å². The van der Waals surface area contributed by atoms with Gasteiger partial charge in [-0.2, -0.15) is 0 Å². The number of aromatic nitrogens is 2. The van der Waals surface area contributed by atoms with Gasteiger partial charge in [0.2, 0.25) is 11.9 Å². The molecule has 0 bridgehead atoms. The number of fused-ring (bicyclic) bond motifs is 1. The molecule has 1 saturated heterocycles. The first-order chi connectivity index (χ1) is 16.6. The number of methoxy groups -OCH3 is 1. The molecule has 0 unspecified atom stereocenters. The Morgan fingerprint density at radius 1 is 1.18 bits per heavy atom. The number of nitrogens with one attached hydrogen (secondary N) is 2. The lowest BCUT2D eigenvalue weighted by molar-refractivity contribution is -0.126. The maximum atomic E-state index is 13.1. The maximum Gasteiger partial charge on any atom is 0.270 e. The third-order valence-electron chi connectivity index (χ3n) is 7.09. The summed E-state index contributed by atoms with van der Waals surface area (Å²) in [7, 11) is 1.64. The van der Waals surface area contributed by atoms with E-state index in [9.17, 15) is 9.59 Å². The van der Waals surface area contributed by atoms with Gasteiger partial charge in [0.1, 0.15) is 10.4 Å². The molecule has 2 aromatic heterocycles. The summed E-state index contributed by atoms with van der Waals surface area (Å²) in [5.41, 5.74) is 2.45. The van der Waals surface area contributed by atoms with Crippen molar-refractivity contribution in [3.63, 3.8) is 0 Å². The highest BCUT2D eigenvalue weighted by Crippen LogP contribution is 2.33. The van der Waals surface area contributed by atoms with Crippen LogP contribution in [0.1, 0.15) is 51.4 Å². The van der Waals surface area contributed by atoms with Crippen LogP contribution in [0.15, 0.2) is 34.4 Å². The lowest BCUT2D eigenvalue weighted by atomic mass is 9.96. The number of H-pyrrole nitrogens is 1. The summed E-state index contributed by atoms with van der Waals surface area (Å²) in [6.45, 7) is 1.35. The second kappa shape index (κ2) is 10.2. The monoisotopic (exact) mass is 480 g/mol. The fraction of sp³-hybridized carbons (Fsp3) is 0.500. The number of nitrogens with zero attached hydrogens (tertiary/aromatic N) is 2. The van der Waals surface area contributed by atoms with E-state index in [1.807, 2.05) is 29.6 Å². The molecule has 3 heterocycles. The van der Waals surface area contributed by atoms with Crippen molar-refractivity contribution < 1.29 is 9.53 Å². The second-order valence-electron chi connectivity index (χ2n) is 9.43. The molecule has 1 aromatic carbocycles. The van der Waals surface area contributed by atoms with Crippen molar-refractivity contribution in [2.75, 3.05) is 25.1 Å². The molecule has 1 amide bonds. The van der Waals surface area contributed by atoms with E-state index in [1.165, 1.54) is 37.0 Å². The molecule has 8 heteroatoms. The Morgan fingerprint density at radius 2 is 2.00 bits per heavy atom. The molecule has 34 heavy (non-hydrogen) atoms. The van der Waals surface area contributed by atoms with E-state index in [1.54, 1.807) is 7.11 Å². The number of piperidine rings is 1. The van der Waals surface area contributed by atoms with Crippen LogP contribution in [0.4, 0.5) is 5.95 Å². The zero-order valence-electron chi connectivity index (χ0n) is 19.6. The van der Waals surface area contributed by atoms with Gasteiger partial charge in [-0.3, -0.25) is 14.6 Å². The second-order valence-corrected chi connectivity index (χ2v) is 10.3. The minimum Gasteiger partial charge on any atom is -0.497 e. The van der Waals surface area contributed by atoms with Gasteiger partial charge in [0.15, 0.2) is 0 Å². The SMILES string of the molecule is COc1cccc(-c2csc3c(=O)[nH]c(N4CCC[C@H](C(=O)NC5CCCCCC5)C4)nc23)c1. The zero-order valence-corrected chi connectivity index (χ0v) is 20.5. The summed E-state index contributed by atoms with van der Waals surface area (Å²) < 4.78 is 5.98. The molecule has 1 aliphatic heterocycles. The normalized spacial score (nSPS) is 19.7. The number of amides is 1. The van der Waals surface area contributed by atoms with Crippen LogP contribution in [-0.2, 0) is 4.79 Å². The standard InChI is InChI=1S/C26H32N4O3S/c1-33-20-12-6-8-17(14-20)21-16-34-23-22(21)28-26(29-25(23)32)30-13-7-9-18(15-30)24(31)27-19-10-4-2-3-5-11-19/h6,8,12,14,16,18-19H,2-5,7,9-11,13,15H2,1H3,(H,27,31)(H,28,29,32)/t18-/m0/s1. The number of benzene rings is 1. The predicted octanol–water partition coefficient (Wildman–Crippen LogP) is 4.72. The molecule has 3 aromatic rings. The summed E-state index contributed by atoms with van der Waals surface area (Å²) in [4.78, 5) is 35.9. The van der Waals surface area contributed by atoms with E-state index < -0.39 is 0 Å². The molecule has 0 spiro atoms. The van der Waals surface area contributed by atoms with Gasteiger partial charge in [-0.05, 0) is 43.4 Å². The van der Waals surface area contributed by atoms with Crippen LogP contribution in [0, 0.1) is 5.92 Å². The van der Waals surface area contributed by atoms with Gasteiger partial charge < -0.3 is 15.0 Å². The number of aromatic amines is 1. The zero-order chi connectivity index (χ0) is 23.5. The summed E-state index contributed by atoms with van der Waals surface area (Å²) in [5.74, 6) is 1.37. The van der Waals surface area contributed by atoms with E-state index in [0.29, 0.717) is 28.8 Å². The Hall–Kier alpha value is -2.87. The highest BCUT2D eigenvalue weighted by Gasteiger charge is 2.29. The topological polar surface area (TPSA) is 87.3 Å². The average molecular weight is 481 g/mol. The Balaban J connectivity index is 1.38. The van der Waals surface area contributed by atoms with E-state index in [0.717, 1.165) is 49.1 Å². The van der Waals surface area contributed by atoms with Crippen LogP contribution in [-0.4, -0.2) is 42.1 Å². The van der Waals surface area contributed by atoms with Gasteiger partial charge >= 0.3 is 0 Å². The lowest BCUT2D eigenvalue weighted by Gasteiger charge is -2.33. The van der Waals surface area contributed by atoms with E-state index in [2.05, 4.69) is 15.2 Å². The van der Waals surface area contributed by atoms with Crippen LogP contribution in [0.25, 0.3) is 21.3 Å². The molecule has 5 rings (SSSR count). The van der Waals surface area contributed by atoms with Gasteiger partial charge in [0.25, 0.3) is 5.56 Å². The molecular weight excluding hydrogens is 448 g/mol. The lowest BCUT2D eigenvalue weighted by Crippen LogP contribution is -2.46. The maximum absolute atomic E-state index is 13.1. The molecule has 1 aliphatic carbocycles. The quantitative estimate of drug-likeness (QED) is 0.516. The van der Waals surface area contributed by atoms with Gasteiger partial charge in [-0.25, -0.2) is 4.98 Å². The van der Waals surface area contributed by atoms with Gasteiger partial charge in [-0.1, -0.05) is 37.8 Å². The minimum absolute atomic E-state index is 0.0849. The molecule has 0 radical (unpaired) electrons. The van der Waals surface area contributed by atoms with Crippen molar-refractivity contribution >= 4 is 33.4 Å². The molecule has 7 nitrogen and oxygen atoms in total. The van der Waals surface area contributed by atoms with Crippen molar-refractivity contribution in [3.8, 4) is 16.9 Å². The number of ether oxygens (including phenoxy) is 1. The number of hydrogen-bond donors (Lipinski definition) is 2. The predicted molar refractivity (Wildman–Crippen MR) is 137 cm³/mol. The number of hydrogen-bond acceptors (Lipinski definition) is 6. The summed E-state index contributed by atoms with van der Waals surface area (Å²) >= 11 is 1.40. The van der Waals surface area contributed by atoms with Crippen molar-refractivity contribution in [1.82, 2.24) is 15.3 Å². The third-order valence-corrected chi connectivity index (χ3v) is 8.06. The van der Waals surface area contributed by atoms with Crippen molar-refractivity contribution in [2.45, 2.75) is 57.4 Å². The Bertz CT molecular complexity index is 1210. The van der Waals surface area contributed by atoms with E-state index in [-0.39, 0.29) is 17.4 Å². The fourth-order valence-corrected chi connectivity index (χ4v) is 6.10. The first-order valence-electron chi connectivity index (χ1n) is 12.3. The van der Waals surface area contributed by atoms with Crippen molar-refractivity contribution in [2.24, 2.45) is 5.92 Å². The number of anilines is 1. The molecule has 2 aliphatic rings. The summed E-state index contributed by atoms with van der Waals surface area (Å²) in [6.07, 6.45) is 8.87. The van der Waals surface area contributed by atoms with Crippen molar-refractivity contribution in [3.05, 3.63) is 40.0 Å². The largest absolute Gasteiger partial charge is 0.497 e. The highest BCUT2D eigenvalue weighted by atomic mass is 32.1. The number of thiophene rings is 1. The Kier molecular flexibility index (Phi) is 6.85. The fourth-order valence-electron chi connectivity index (χ4n) is 5.19. The number of carbonyl (C=O) groups excluding carboxylic acids is 1. The van der Waals surface area contributed by atoms with E-state index in [4.69, 9.17) is 9.72 Å². The van der Waals surface area contributed by atoms with E-state index >= 15 is 0 Å². The average Bonchev–Trinajstić information content (AvgIpc) is 3.14. The summed E-state index contributed by atoms with van der Waals surface area (Å²) in [6, 6.07) is 8.10. The first-order valence-corrected chi connectivity index (χ1v) is 13.2. The van der Waals surface area contributed by atoms with Crippen molar-refractivity contribution in [1.29, 1.82) is 0 Å². The van der Waals surface area contributed by atoms with Gasteiger partial charge in [-0.15, -0.1) is 11.3 Å². The molecular formula is C26H32N4O3S. The summed E-state index contributed by atoms with van der Waals surface area (Å²) in [5, 5.41) is 5.29. The minimum atomic E-state index is -0.135. The third kappa shape index (κ3) is 4.82. The number of carbonyl (C=O) groups is 1. The van der Waals surface area contributed by atoms with Crippen LogP contribution < -0.4 is 20.5 Å². The Labute approximate surface area is 203 Å². The van der Waals surface area contributed by atoms with Crippen LogP contribution in [0.3, 0.4) is 0 Å². The highest BCUT2D eigenvalue weighted by molar-refractivity contribution is 7.17. The molecule has 2 N–H and O–H groups in total. The smallest absolute Gasteiger partial charge is 0.270 e.